The maximum atomic E-state index is 13.1. The summed E-state index contributed by atoms with van der Waals surface area (Å²) in [5.74, 6) is -1.64. The van der Waals surface area contributed by atoms with E-state index in [4.69, 9.17) is 4.74 Å². The lowest BCUT2D eigenvalue weighted by molar-refractivity contribution is -0.385. The van der Waals surface area contributed by atoms with Gasteiger partial charge in [-0.25, -0.2) is 9.18 Å². The number of esters is 1. The zero-order chi connectivity index (χ0) is 13.2. The summed E-state index contributed by atoms with van der Waals surface area (Å²) in [4.78, 5) is 21.3. The van der Waals surface area contributed by atoms with E-state index in [9.17, 15) is 19.3 Å². The number of ether oxygens (including phenoxy) is 1. The van der Waals surface area contributed by atoms with Crippen LogP contribution in [0.2, 0.25) is 0 Å². The molecule has 0 spiro atoms. The lowest BCUT2D eigenvalue weighted by Crippen LogP contribution is -2.24. The first kappa shape index (κ1) is 13.1. The van der Waals surface area contributed by atoms with Crippen molar-refractivity contribution in [2.75, 3.05) is 0 Å². The van der Waals surface area contributed by atoms with Gasteiger partial charge in [0.25, 0.3) is 5.69 Å². The van der Waals surface area contributed by atoms with Gasteiger partial charge < -0.3 is 4.74 Å². The molecule has 0 unspecified atom stereocenters. The fourth-order valence-corrected chi connectivity index (χ4v) is 1.13. The molecule has 0 saturated heterocycles. The fourth-order valence-electron chi connectivity index (χ4n) is 1.13. The van der Waals surface area contributed by atoms with E-state index in [-0.39, 0.29) is 5.56 Å². The van der Waals surface area contributed by atoms with Crippen LogP contribution in [0.1, 0.15) is 31.1 Å². The Labute approximate surface area is 97.3 Å². The number of carbonyl (C=O) groups excluding carboxylic acids is 1. The molecular formula is C11H12FNO4. The molecule has 0 N–H and O–H groups in total. The molecular weight excluding hydrogens is 229 g/mol. The van der Waals surface area contributed by atoms with Gasteiger partial charge in [0.1, 0.15) is 11.4 Å². The SMILES string of the molecule is CC(C)(C)OC(=O)c1cc(F)cc([N+](=O)[O-])c1. The number of nitrogens with zero attached hydrogens (tertiary/aromatic N) is 1. The normalized spacial score (nSPS) is 11.1. The molecule has 0 amide bonds. The molecule has 0 aliphatic carbocycles. The van der Waals surface area contributed by atoms with Gasteiger partial charge in [-0.2, -0.15) is 0 Å². The third kappa shape index (κ3) is 3.82. The number of carbonyl (C=O) groups is 1. The number of nitro benzene ring substituents is 1. The number of hydrogen-bond acceptors (Lipinski definition) is 4. The quantitative estimate of drug-likeness (QED) is 0.453. The number of hydrogen-bond donors (Lipinski definition) is 0. The Kier molecular flexibility index (Phi) is 3.45. The predicted molar refractivity (Wildman–Crippen MR) is 58.2 cm³/mol. The van der Waals surface area contributed by atoms with Gasteiger partial charge >= 0.3 is 5.97 Å². The van der Waals surface area contributed by atoms with Crippen molar-refractivity contribution >= 4 is 11.7 Å². The second-order valence-electron chi connectivity index (χ2n) is 4.46. The maximum Gasteiger partial charge on any atom is 0.339 e. The number of halogens is 1. The van der Waals surface area contributed by atoms with Crippen LogP contribution in [0.15, 0.2) is 18.2 Å². The first-order chi connectivity index (χ1) is 7.69. The molecule has 0 radical (unpaired) electrons. The lowest BCUT2D eigenvalue weighted by Gasteiger charge is -2.19. The molecule has 0 atom stereocenters. The van der Waals surface area contributed by atoms with Gasteiger partial charge in [-0.1, -0.05) is 0 Å². The molecule has 0 aliphatic heterocycles. The van der Waals surface area contributed by atoms with Crippen LogP contribution in [0.5, 0.6) is 0 Å². The molecule has 1 rings (SSSR count). The van der Waals surface area contributed by atoms with Crippen LogP contribution >= 0.6 is 0 Å². The number of nitro groups is 1. The van der Waals surface area contributed by atoms with E-state index in [1.54, 1.807) is 20.8 Å². The Morgan fingerprint density at radius 3 is 2.41 bits per heavy atom. The first-order valence-corrected chi connectivity index (χ1v) is 4.87. The molecule has 0 fully saturated rings. The summed E-state index contributed by atoms with van der Waals surface area (Å²) in [6.45, 7) is 4.95. The van der Waals surface area contributed by atoms with Gasteiger partial charge in [-0.3, -0.25) is 10.1 Å². The zero-order valence-corrected chi connectivity index (χ0v) is 9.69. The van der Waals surface area contributed by atoms with E-state index in [1.165, 1.54) is 0 Å². The van der Waals surface area contributed by atoms with E-state index >= 15 is 0 Å². The minimum Gasteiger partial charge on any atom is -0.456 e. The Hall–Kier alpha value is -1.98. The minimum atomic E-state index is -0.847. The van der Waals surface area contributed by atoms with Crippen molar-refractivity contribution in [3.63, 3.8) is 0 Å². The minimum absolute atomic E-state index is 0.174. The van der Waals surface area contributed by atoms with Gasteiger partial charge in [0.05, 0.1) is 16.6 Å². The van der Waals surface area contributed by atoms with Gasteiger partial charge in [0.2, 0.25) is 0 Å². The fraction of sp³-hybridized carbons (Fsp3) is 0.364. The largest absolute Gasteiger partial charge is 0.456 e. The summed E-state index contributed by atoms with van der Waals surface area (Å²) in [5, 5.41) is 10.5. The molecule has 0 aromatic heterocycles. The molecule has 6 heteroatoms. The van der Waals surface area contributed by atoms with Crippen LogP contribution < -0.4 is 0 Å². The molecule has 0 bridgehead atoms. The zero-order valence-electron chi connectivity index (χ0n) is 9.69. The summed E-state index contributed by atoms with van der Waals surface area (Å²) in [5.41, 5.74) is -1.39. The number of non-ortho nitro benzene ring substituents is 1. The highest BCUT2D eigenvalue weighted by Gasteiger charge is 2.20. The third-order valence-corrected chi connectivity index (χ3v) is 1.73. The Balaban J connectivity index is 3.06. The second-order valence-corrected chi connectivity index (χ2v) is 4.46. The Morgan fingerprint density at radius 1 is 1.35 bits per heavy atom. The second kappa shape index (κ2) is 4.48. The van der Waals surface area contributed by atoms with E-state index < -0.39 is 28.0 Å². The van der Waals surface area contributed by atoms with Crippen molar-refractivity contribution in [2.24, 2.45) is 0 Å². The monoisotopic (exact) mass is 241 g/mol. The Bertz CT molecular complexity index is 465. The average Bonchev–Trinajstić information content (AvgIpc) is 2.13. The van der Waals surface area contributed by atoms with Crippen LogP contribution in [0.4, 0.5) is 10.1 Å². The first-order valence-electron chi connectivity index (χ1n) is 4.87. The number of rotatable bonds is 2. The molecule has 92 valence electrons. The summed E-state index contributed by atoms with van der Waals surface area (Å²) in [7, 11) is 0. The van der Waals surface area contributed by atoms with Crippen LogP contribution in [0, 0.1) is 15.9 Å². The Morgan fingerprint density at radius 2 is 1.94 bits per heavy atom. The summed E-state index contributed by atoms with van der Waals surface area (Å²) in [6, 6.07) is 2.63. The van der Waals surface area contributed by atoms with Gasteiger partial charge in [0, 0.05) is 6.07 Å². The van der Waals surface area contributed by atoms with E-state index in [2.05, 4.69) is 0 Å². The molecule has 17 heavy (non-hydrogen) atoms. The van der Waals surface area contributed by atoms with Crippen LogP contribution in [-0.2, 0) is 4.74 Å². The van der Waals surface area contributed by atoms with Gasteiger partial charge in [-0.15, -0.1) is 0 Å². The highest BCUT2D eigenvalue weighted by molar-refractivity contribution is 5.90. The summed E-state index contributed by atoms with van der Waals surface area (Å²) in [6.07, 6.45) is 0. The van der Waals surface area contributed by atoms with Crippen molar-refractivity contribution in [1.82, 2.24) is 0 Å². The maximum absolute atomic E-state index is 13.1. The molecule has 0 aliphatic rings. The lowest BCUT2D eigenvalue weighted by atomic mass is 10.1. The van der Waals surface area contributed by atoms with E-state index in [0.717, 1.165) is 18.2 Å². The highest BCUT2D eigenvalue weighted by Crippen LogP contribution is 2.19. The smallest absolute Gasteiger partial charge is 0.339 e. The summed E-state index contributed by atoms with van der Waals surface area (Å²) >= 11 is 0. The van der Waals surface area contributed by atoms with Crippen molar-refractivity contribution < 1.29 is 18.8 Å². The van der Waals surface area contributed by atoms with Gasteiger partial charge in [0.15, 0.2) is 0 Å². The van der Waals surface area contributed by atoms with E-state index in [0.29, 0.717) is 0 Å². The standard InChI is InChI=1S/C11H12FNO4/c1-11(2,3)17-10(14)7-4-8(12)6-9(5-7)13(15)16/h4-6H,1-3H3. The van der Waals surface area contributed by atoms with Crippen LogP contribution in [0.25, 0.3) is 0 Å². The molecule has 0 heterocycles. The molecule has 5 nitrogen and oxygen atoms in total. The van der Waals surface area contributed by atoms with Crippen LogP contribution in [-0.4, -0.2) is 16.5 Å². The van der Waals surface area contributed by atoms with Crippen molar-refractivity contribution in [3.8, 4) is 0 Å². The van der Waals surface area contributed by atoms with Crippen molar-refractivity contribution in [1.29, 1.82) is 0 Å². The predicted octanol–water partition coefficient (Wildman–Crippen LogP) is 2.69. The van der Waals surface area contributed by atoms with Crippen LogP contribution in [0.3, 0.4) is 0 Å². The average molecular weight is 241 g/mol. The summed E-state index contributed by atoms with van der Waals surface area (Å²) < 4.78 is 18.1. The van der Waals surface area contributed by atoms with Crippen molar-refractivity contribution in [2.45, 2.75) is 26.4 Å². The highest BCUT2D eigenvalue weighted by atomic mass is 19.1. The third-order valence-electron chi connectivity index (χ3n) is 1.73. The topological polar surface area (TPSA) is 69.4 Å². The van der Waals surface area contributed by atoms with E-state index in [1.807, 2.05) is 0 Å². The van der Waals surface area contributed by atoms with Crippen molar-refractivity contribution in [3.05, 3.63) is 39.7 Å². The molecule has 0 saturated carbocycles. The van der Waals surface area contributed by atoms with Gasteiger partial charge in [-0.05, 0) is 26.8 Å². The number of benzene rings is 1. The molecule has 1 aromatic rings. The molecule has 1 aromatic carbocycles.